The largest absolute Gasteiger partial charge is 0.325 e. The minimum atomic E-state index is 0.0456. The smallest absolute Gasteiger partial charge is 0.224 e. The number of rotatable bonds is 4. The molecule has 1 atom stereocenters. The minimum absolute atomic E-state index is 0.0456. The van der Waals surface area contributed by atoms with Gasteiger partial charge in [-0.3, -0.25) is 9.78 Å². The third-order valence-corrected chi connectivity index (χ3v) is 2.65. The molecule has 0 aliphatic heterocycles. The van der Waals surface area contributed by atoms with E-state index in [1.807, 2.05) is 6.07 Å². The number of amides is 1. The molecule has 0 bridgehead atoms. The highest BCUT2D eigenvalue weighted by atomic mass is 79.9. The van der Waals surface area contributed by atoms with Crippen LogP contribution in [0.15, 0.2) is 22.9 Å². The molecule has 15 heavy (non-hydrogen) atoms. The number of halogens is 1. The molecule has 82 valence electrons. The van der Waals surface area contributed by atoms with Gasteiger partial charge in [0.25, 0.3) is 0 Å². The lowest BCUT2D eigenvalue weighted by Crippen LogP contribution is -2.14. The number of carbonyl (C=O) groups is 1. The van der Waals surface area contributed by atoms with Crippen LogP contribution in [0.5, 0.6) is 0 Å². The van der Waals surface area contributed by atoms with Crippen molar-refractivity contribution in [3.05, 3.63) is 22.9 Å². The molecule has 3 nitrogen and oxygen atoms in total. The number of aromatic nitrogens is 1. The number of hydrogen-bond donors (Lipinski definition) is 1. The quantitative estimate of drug-likeness (QED) is 0.913. The fourth-order valence-electron chi connectivity index (χ4n) is 1.15. The Bertz CT molecular complexity index is 341. The summed E-state index contributed by atoms with van der Waals surface area (Å²) in [5, 5.41) is 2.82. The van der Waals surface area contributed by atoms with E-state index in [4.69, 9.17) is 0 Å². The number of nitrogens with one attached hydrogen (secondary N) is 1. The lowest BCUT2D eigenvalue weighted by Gasteiger charge is -2.08. The SMILES string of the molecule is CCC(C)CC(=O)Nc1cncc(Br)c1. The molecule has 0 radical (unpaired) electrons. The summed E-state index contributed by atoms with van der Waals surface area (Å²) in [7, 11) is 0. The Kier molecular flexibility index (Phi) is 4.75. The van der Waals surface area contributed by atoms with Gasteiger partial charge in [-0.25, -0.2) is 0 Å². The summed E-state index contributed by atoms with van der Waals surface area (Å²) in [5.74, 6) is 0.467. The molecule has 1 aromatic heterocycles. The van der Waals surface area contributed by atoms with Crippen molar-refractivity contribution in [2.45, 2.75) is 26.7 Å². The van der Waals surface area contributed by atoms with Gasteiger partial charge in [0.05, 0.1) is 11.9 Å². The maximum absolute atomic E-state index is 11.5. The number of pyridine rings is 1. The maximum Gasteiger partial charge on any atom is 0.224 e. The van der Waals surface area contributed by atoms with Gasteiger partial charge in [-0.05, 0) is 27.9 Å². The fraction of sp³-hybridized carbons (Fsp3) is 0.455. The molecule has 0 aromatic carbocycles. The van der Waals surface area contributed by atoms with Crippen molar-refractivity contribution >= 4 is 27.5 Å². The van der Waals surface area contributed by atoms with Crippen LogP contribution in [0.2, 0.25) is 0 Å². The zero-order valence-corrected chi connectivity index (χ0v) is 10.5. The molecule has 0 aliphatic carbocycles. The van der Waals surface area contributed by atoms with Gasteiger partial charge >= 0.3 is 0 Å². The Morgan fingerprint density at radius 1 is 1.60 bits per heavy atom. The van der Waals surface area contributed by atoms with Gasteiger partial charge in [0.1, 0.15) is 0 Å². The summed E-state index contributed by atoms with van der Waals surface area (Å²) in [6.45, 7) is 4.15. The van der Waals surface area contributed by atoms with E-state index in [0.717, 1.165) is 16.6 Å². The van der Waals surface area contributed by atoms with Gasteiger partial charge in [-0.2, -0.15) is 0 Å². The Balaban J connectivity index is 2.51. The van der Waals surface area contributed by atoms with Crippen LogP contribution in [0.3, 0.4) is 0 Å². The van der Waals surface area contributed by atoms with E-state index in [1.54, 1.807) is 12.4 Å². The first-order valence-corrected chi connectivity index (χ1v) is 5.81. The fourth-order valence-corrected chi connectivity index (χ4v) is 1.52. The molecule has 1 N–H and O–H groups in total. The molecular weight excluding hydrogens is 256 g/mol. The normalized spacial score (nSPS) is 12.2. The lowest BCUT2D eigenvalue weighted by molar-refractivity contribution is -0.117. The summed E-state index contributed by atoms with van der Waals surface area (Å²) in [6.07, 6.45) is 4.90. The molecule has 1 aromatic rings. The van der Waals surface area contributed by atoms with E-state index in [2.05, 4.69) is 40.1 Å². The molecule has 0 saturated carbocycles. The topological polar surface area (TPSA) is 42.0 Å². The Morgan fingerprint density at radius 2 is 2.33 bits per heavy atom. The highest BCUT2D eigenvalue weighted by Gasteiger charge is 2.07. The van der Waals surface area contributed by atoms with Crippen LogP contribution >= 0.6 is 15.9 Å². The van der Waals surface area contributed by atoms with Gasteiger partial charge in [0, 0.05) is 17.1 Å². The first-order chi connectivity index (χ1) is 7.11. The second kappa shape index (κ2) is 5.85. The molecule has 1 unspecified atom stereocenters. The van der Waals surface area contributed by atoms with Crippen molar-refractivity contribution in [1.82, 2.24) is 4.98 Å². The van der Waals surface area contributed by atoms with E-state index in [9.17, 15) is 4.79 Å². The van der Waals surface area contributed by atoms with E-state index in [-0.39, 0.29) is 5.91 Å². The molecule has 1 amide bonds. The van der Waals surface area contributed by atoms with Crippen molar-refractivity contribution in [2.75, 3.05) is 5.32 Å². The maximum atomic E-state index is 11.5. The van der Waals surface area contributed by atoms with Gasteiger partial charge < -0.3 is 5.32 Å². The lowest BCUT2D eigenvalue weighted by atomic mass is 10.1. The average molecular weight is 271 g/mol. The highest BCUT2D eigenvalue weighted by Crippen LogP contribution is 2.15. The first kappa shape index (κ1) is 12.2. The van der Waals surface area contributed by atoms with Crippen LogP contribution in [0.25, 0.3) is 0 Å². The average Bonchev–Trinajstić information content (AvgIpc) is 2.17. The van der Waals surface area contributed by atoms with E-state index < -0.39 is 0 Å². The van der Waals surface area contributed by atoms with Crippen LogP contribution in [-0.2, 0) is 4.79 Å². The van der Waals surface area contributed by atoms with E-state index in [0.29, 0.717) is 12.3 Å². The third kappa shape index (κ3) is 4.42. The van der Waals surface area contributed by atoms with Gasteiger partial charge in [-0.1, -0.05) is 20.3 Å². The van der Waals surface area contributed by atoms with Crippen molar-refractivity contribution in [3.63, 3.8) is 0 Å². The predicted molar refractivity (Wildman–Crippen MR) is 64.6 cm³/mol. The number of anilines is 1. The van der Waals surface area contributed by atoms with E-state index >= 15 is 0 Å². The second-order valence-electron chi connectivity index (χ2n) is 3.66. The minimum Gasteiger partial charge on any atom is -0.325 e. The standard InChI is InChI=1S/C11H15BrN2O/c1-3-8(2)4-11(15)14-10-5-9(12)6-13-7-10/h5-8H,3-4H2,1-2H3,(H,14,15). The zero-order valence-electron chi connectivity index (χ0n) is 8.96. The summed E-state index contributed by atoms with van der Waals surface area (Å²) < 4.78 is 0.865. The molecular formula is C11H15BrN2O. The Labute approximate surface area is 98.4 Å². The van der Waals surface area contributed by atoms with Crippen LogP contribution in [0, 0.1) is 5.92 Å². The van der Waals surface area contributed by atoms with Crippen LogP contribution in [-0.4, -0.2) is 10.9 Å². The van der Waals surface area contributed by atoms with Crippen molar-refractivity contribution in [3.8, 4) is 0 Å². The molecule has 0 fully saturated rings. The van der Waals surface area contributed by atoms with Crippen molar-refractivity contribution < 1.29 is 4.79 Å². The van der Waals surface area contributed by atoms with Gasteiger partial charge in [0.2, 0.25) is 5.91 Å². The van der Waals surface area contributed by atoms with Crippen molar-refractivity contribution in [2.24, 2.45) is 5.92 Å². The third-order valence-electron chi connectivity index (χ3n) is 2.22. The molecule has 0 saturated heterocycles. The predicted octanol–water partition coefficient (Wildman–Crippen LogP) is 3.22. The van der Waals surface area contributed by atoms with Crippen LogP contribution in [0.1, 0.15) is 26.7 Å². The summed E-state index contributed by atoms with van der Waals surface area (Å²) in [5.41, 5.74) is 0.734. The van der Waals surface area contributed by atoms with E-state index in [1.165, 1.54) is 0 Å². The zero-order chi connectivity index (χ0) is 11.3. The van der Waals surface area contributed by atoms with Gasteiger partial charge in [0.15, 0.2) is 0 Å². The first-order valence-electron chi connectivity index (χ1n) is 5.02. The number of carbonyl (C=O) groups excluding carboxylic acids is 1. The number of hydrogen-bond acceptors (Lipinski definition) is 2. The molecule has 0 aliphatic rings. The Hall–Kier alpha value is -0.900. The molecule has 1 heterocycles. The molecule has 4 heteroatoms. The van der Waals surface area contributed by atoms with Gasteiger partial charge in [-0.15, -0.1) is 0 Å². The van der Waals surface area contributed by atoms with Crippen molar-refractivity contribution in [1.29, 1.82) is 0 Å². The second-order valence-corrected chi connectivity index (χ2v) is 4.57. The molecule has 0 spiro atoms. The summed E-state index contributed by atoms with van der Waals surface area (Å²) in [4.78, 5) is 15.5. The Morgan fingerprint density at radius 3 is 2.93 bits per heavy atom. The molecule has 1 rings (SSSR count). The highest BCUT2D eigenvalue weighted by molar-refractivity contribution is 9.10. The summed E-state index contributed by atoms with van der Waals surface area (Å²) in [6, 6.07) is 1.83. The monoisotopic (exact) mass is 270 g/mol. The van der Waals surface area contributed by atoms with Crippen LogP contribution < -0.4 is 5.32 Å². The number of nitrogens with zero attached hydrogens (tertiary/aromatic N) is 1. The van der Waals surface area contributed by atoms with Crippen LogP contribution in [0.4, 0.5) is 5.69 Å². The summed E-state index contributed by atoms with van der Waals surface area (Å²) >= 11 is 3.30.